The van der Waals surface area contributed by atoms with Crippen LogP contribution in [-0.2, 0) is 0 Å². The summed E-state index contributed by atoms with van der Waals surface area (Å²) in [6, 6.07) is 31.0. The number of fused-ring (bicyclic) bond motifs is 20. The zero-order valence-corrected chi connectivity index (χ0v) is 24.0. The summed E-state index contributed by atoms with van der Waals surface area (Å²) in [5, 5.41) is 3.35. The standard InChI is InChI=1S/C34H22N12/c35-33-43-29-21-13-5-1-9-17(21)25(39-29)37-26-18-10-2-6-14-22(18)30(40-26)45-34(36)46-32-24-16-8-4-12-20(24)28(42-32)38-27-19-11-3-7-15-23(19)31(41-27)44-33/h1-16H,(H6,35,36,37,38,39,40,41,42,43,44,45,46). The minimum absolute atomic E-state index is 0.0261. The van der Waals surface area contributed by atoms with Crippen molar-refractivity contribution in [2.75, 3.05) is 11.5 Å². The van der Waals surface area contributed by atoms with Gasteiger partial charge in [-0.1, -0.05) is 97.1 Å². The van der Waals surface area contributed by atoms with E-state index in [1.54, 1.807) is 0 Å². The smallest absolute Gasteiger partial charge is 0.224 e. The number of nitrogens with two attached hydrogens (primary N) is 2. The molecule has 8 bridgehead atoms. The van der Waals surface area contributed by atoms with Gasteiger partial charge in [-0.2, -0.15) is 19.9 Å². The second-order valence-electron chi connectivity index (χ2n) is 10.7. The molecule has 0 saturated heterocycles. The van der Waals surface area contributed by atoms with Crippen LogP contribution in [0, 0.1) is 0 Å². The maximum Gasteiger partial charge on any atom is 0.224 e. The zero-order valence-electron chi connectivity index (χ0n) is 24.0. The van der Waals surface area contributed by atoms with Crippen molar-refractivity contribution in [1.29, 1.82) is 0 Å². The van der Waals surface area contributed by atoms with Gasteiger partial charge in [0, 0.05) is 43.8 Å². The molecule has 3 aromatic heterocycles. The van der Waals surface area contributed by atoms with Crippen molar-refractivity contribution >= 4 is 56.0 Å². The van der Waals surface area contributed by atoms with E-state index in [-0.39, 0.29) is 11.9 Å². The molecule has 9 rings (SSSR count). The molecule has 0 fully saturated rings. The molecule has 2 aliphatic rings. The van der Waals surface area contributed by atoms with E-state index >= 15 is 0 Å². The van der Waals surface area contributed by atoms with Crippen LogP contribution in [0.4, 0.5) is 11.9 Å². The van der Waals surface area contributed by atoms with Crippen LogP contribution >= 0.6 is 0 Å². The topological polar surface area (TPSA) is 187 Å². The van der Waals surface area contributed by atoms with Gasteiger partial charge in [0.15, 0.2) is 23.3 Å². The van der Waals surface area contributed by atoms with Crippen molar-refractivity contribution in [1.82, 2.24) is 49.8 Å². The van der Waals surface area contributed by atoms with Crippen LogP contribution in [0.15, 0.2) is 97.1 Å². The molecule has 7 aromatic rings. The molecule has 12 nitrogen and oxygen atoms in total. The number of nitrogen functional groups attached to an aromatic ring is 2. The molecule has 46 heavy (non-hydrogen) atoms. The molecule has 0 aliphatic carbocycles. The molecule has 0 radical (unpaired) electrons. The highest BCUT2D eigenvalue weighted by molar-refractivity contribution is 6.05. The van der Waals surface area contributed by atoms with Crippen LogP contribution in [-0.4, -0.2) is 49.8 Å². The summed E-state index contributed by atoms with van der Waals surface area (Å²) in [5.74, 6) is 1.81. The summed E-state index contributed by atoms with van der Waals surface area (Å²) in [6.07, 6.45) is 0. The van der Waals surface area contributed by atoms with Crippen LogP contribution < -0.4 is 11.5 Å². The highest BCUT2D eigenvalue weighted by atomic mass is 15.1. The molecule has 4 aromatic carbocycles. The number of anilines is 2. The number of hydrogen-bond acceptors (Lipinski definition) is 10. The predicted molar refractivity (Wildman–Crippen MR) is 178 cm³/mol. The van der Waals surface area contributed by atoms with E-state index < -0.39 is 0 Å². The van der Waals surface area contributed by atoms with Gasteiger partial charge in [-0.3, -0.25) is 0 Å². The first-order valence-corrected chi connectivity index (χ1v) is 14.5. The summed E-state index contributed by atoms with van der Waals surface area (Å²) in [4.78, 5) is 44.6. The quantitative estimate of drug-likeness (QED) is 0.162. The van der Waals surface area contributed by atoms with Gasteiger partial charge in [0.25, 0.3) is 0 Å². The van der Waals surface area contributed by atoms with E-state index in [1.807, 2.05) is 97.1 Å². The predicted octanol–water partition coefficient (Wildman–Crippen LogP) is 5.95. The van der Waals surface area contributed by atoms with Gasteiger partial charge in [-0.15, -0.1) is 0 Å². The average Bonchev–Trinajstić information content (AvgIpc) is 3.80. The lowest BCUT2D eigenvalue weighted by molar-refractivity contribution is 1.16. The fourth-order valence-electron chi connectivity index (χ4n) is 5.88. The van der Waals surface area contributed by atoms with Crippen LogP contribution in [0.3, 0.4) is 0 Å². The third-order valence-electron chi connectivity index (χ3n) is 7.92. The molecule has 0 unspecified atom stereocenters. The highest BCUT2D eigenvalue weighted by Gasteiger charge is 2.20. The second-order valence-corrected chi connectivity index (χ2v) is 10.7. The number of nitrogens with one attached hydrogen (secondary N) is 2. The lowest BCUT2D eigenvalue weighted by Gasteiger charge is -1.96. The second kappa shape index (κ2) is 9.86. The number of nitrogens with zero attached hydrogens (tertiary/aromatic N) is 8. The van der Waals surface area contributed by atoms with Crippen molar-refractivity contribution in [2.24, 2.45) is 0 Å². The number of rotatable bonds is 0. The van der Waals surface area contributed by atoms with Gasteiger partial charge < -0.3 is 21.4 Å². The number of H-pyrrole nitrogens is 2. The van der Waals surface area contributed by atoms with Crippen LogP contribution in [0.2, 0.25) is 0 Å². The van der Waals surface area contributed by atoms with E-state index in [9.17, 15) is 0 Å². The normalized spacial score (nSPS) is 11.7. The summed E-state index contributed by atoms with van der Waals surface area (Å²) in [7, 11) is 0. The monoisotopic (exact) mass is 598 g/mol. The summed E-state index contributed by atoms with van der Waals surface area (Å²) in [5.41, 5.74) is 18.2. The van der Waals surface area contributed by atoms with E-state index in [0.29, 0.717) is 45.9 Å². The fraction of sp³-hybridized carbons (Fsp3) is 0. The average molecular weight is 599 g/mol. The van der Waals surface area contributed by atoms with E-state index in [2.05, 4.69) is 29.9 Å². The highest BCUT2D eigenvalue weighted by Crippen LogP contribution is 2.35. The van der Waals surface area contributed by atoms with Crippen LogP contribution in [0.1, 0.15) is 0 Å². The van der Waals surface area contributed by atoms with Crippen molar-refractivity contribution in [2.45, 2.75) is 0 Å². The maximum absolute atomic E-state index is 6.44. The Balaban J connectivity index is 1.44. The molecule has 0 saturated carbocycles. The molecular weight excluding hydrogens is 576 g/mol. The molecule has 2 aliphatic heterocycles. The largest absolute Gasteiger partial charge is 0.368 e. The van der Waals surface area contributed by atoms with Gasteiger partial charge in [0.1, 0.15) is 22.6 Å². The van der Waals surface area contributed by atoms with Crippen molar-refractivity contribution < 1.29 is 0 Å². The number of hydrogen-bond donors (Lipinski definition) is 4. The van der Waals surface area contributed by atoms with Crippen LogP contribution in [0.5, 0.6) is 0 Å². The first-order valence-electron chi connectivity index (χ1n) is 14.5. The Kier molecular flexibility index (Phi) is 5.50. The third-order valence-corrected chi connectivity index (χ3v) is 7.92. The van der Waals surface area contributed by atoms with Gasteiger partial charge in [0.2, 0.25) is 11.9 Å². The molecule has 5 heterocycles. The number of benzene rings is 4. The molecule has 218 valence electrons. The Labute approximate surface area is 259 Å². The molecular formula is C34H22N12. The maximum atomic E-state index is 6.44. The van der Waals surface area contributed by atoms with Crippen molar-refractivity contribution in [3.8, 4) is 45.6 Å². The molecule has 0 amide bonds. The van der Waals surface area contributed by atoms with Gasteiger partial charge in [-0.25, -0.2) is 19.9 Å². The summed E-state index contributed by atoms with van der Waals surface area (Å²) in [6.45, 7) is 0. The van der Waals surface area contributed by atoms with Gasteiger partial charge in [0.05, 0.1) is 0 Å². The van der Waals surface area contributed by atoms with Gasteiger partial charge >= 0.3 is 0 Å². The lowest BCUT2D eigenvalue weighted by Crippen LogP contribution is -1.93. The Hall–Kier alpha value is -6.82. The SMILES string of the molecule is Nc1nc2nc(nc3[nH]c(nc(N)nc4nc(nc5[nH]c(n1)c1ccccc51)-c1ccccc1-4)c1ccccc31)-c1ccccc1-2. The zero-order chi connectivity index (χ0) is 30.8. The molecule has 0 spiro atoms. The van der Waals surface area contributed by atoms with E-state index in [4.69, 9.17) is 31.4 Å². The minimum atomic E-state index is 0.0261. The third kappa shape index (κ3) is 4.08. The first-order chi connectivity index (χ1) is 22.6. The summed E-state index contributed by atoms with van der Waals surface area (Å²) < 4.78 is 0. The number of aromatic amines is 2. The Morgan fingerprint density at radius 2 is 0.609 bits per heavy atom. The Bertz CT molecular complexity index is 2460. The minimum Gasteiger partial charge on any atom is -0.368 e. The number of aromatic nitrogens is 10. The van der Waals surface area contributed by atoms with E-state index in [0.717, 1.165) is 43.8 Å². The fourth-order valence-corrected chi connectivity index (χ4v) is 5.88. The first kappa shape index (κ1) is 25.7. The lowest BCUT2D eigenvalue weighted by atomic mass is 10.1. The van der Waals surface area contributed by atoms with E-state index in [1.165, 1.54) is 0 Å². The molecule has 0 atom stereocenters. The molecule has 6 N–H and O–H groups in total. The van der Waals surface area contributed by atoms with Gasteiger partial charge in [-0.05, 0) is 0 Å². The van der Waals surface area contributed by atoms with Crippen LogP contribution in [0.25, 0.3) is 89.7 Å². The Morgan fingerprint density at radius 3 is 0.957 bits per heavy atom. The van der Waals surface area contributed by atoms with Crippen molar-refractivity contribution in [3.05, 3.63) is 97.1 Å². The molecule has 12 heteroatoms. The van der Waals surface area contributed by atoms with Crippen molar-refractivity contribution in [3.63, 3.8) is 0 Å². The summed E-state index contributed by atoms with van der Waals surface area (Å²) >= 11 is 0. The Morgan fingerprint density at radius 1 is 0.326 bits per heavy atom.